The van der Waals surface area contributed by atoms with E-state index in [0.29, 0.717) is 19.7 Å². The molecule has 5 nitrogen and oxygen atoms in total. The van der Waals surface area contributed by atoms with Crippen LogP contribution in [-0.2, 0) is 14.3 Å². The molecule has 0 bridgehead atoms. The molecule has 0 atom stereocenters. The van der Waals surface area contributed by atoms with Crippen LogP contribution in [-0.4, -0.2) is 43.6 Å². The fraction of sp³-hybridized carbons (Fsp3) is 0.444. The SMILES string of the molecule is CCCOc1ccccc1/C=C/C(=O)N(CC)CCC(=O)OC. The van der Waals surface area contributed by atoms with Crippen molar-refractivity contribution in [2.75, 3.05) is 26.8 Å². The first-order valence-corrected chi connectivity index (χ1v) is 7.88. The zero-order valence-electron chi connectivity index (χ0n) is 14.1. The highest BCUT2D eigenvalue weighted by Gasteiger charge is 2.11. The van der Waals surface area contributed by atoms with Crippen LogP contribution in [0.1, 0.15) is 32.3 Å². The Bertz CT molecular complexity index is 540. The lowest BCUT2D eigenvalue weighted by Crippen LogP contribution is -2.31. The van der Waals surface area contributed by atoms with Gasteiger partial charge < -0.3 is 14.4 Å². The highest BCUT2D eigenvalue weighted by Crippen LogP contribution is 2.19. The molecular formula is C18H25NO4. The molecule has 0 unspecified atom stereocenters. The van der Waals surface area contributed by atoms with E-state index in [4.69, 9.17) is 4.74 Å². The Balaban J connectivity index is 2.71. The molecule has 5 heteroatoms. The van der Waals surface area contributed by atoms with Crippen molar-refractivity contribution < 1.29 is 19.1 Å². The van der Waals surface area contributed by atoms with Crippen LogP contribution < -0.4 is 4.74 Å². The van der Waals surface area contributed by atoms with E-state index in [0.717, 1.165) is 17.7 Å². The summed E-state index contributed by atoms with van der Waals surface area (Å²) in [5.41, 5.74) is 0.860. The quantitative estimate of drug-likeness (QED) is 0.519. The summed E-state index contributed by atoms with van der Waals surface area (Å²) in [6.07, 6.45) is 4.37. The maximum atomic E-state index is 12.2. The summed E-state index contributed by atoms with van der Waals surface area (Å²) in [5, 5.41) is 0. The summed E-state index contributed by atoms with van der Waals surface area (Å²) in [7, 11) is 1.34. The molecule has 0 spiro atoms. The van der Waals surface area contributed by atoms with Gasteiger partial charge in [0.25, 0.3) is 0 Å². The second-order valence-electron chi connectivity index (χ2n) is 4.96. The predicted molar refractivity (Wildman–Crippen MR) is 90.1 cm³/mol. The van der Waals surface area contributed by atoms with Gasteiger partial charge in [0.2, 0.25) is 5.91 Å². The first kappa shape index (κ1) is 18.7. The maximum absolute atomic E-state index is 12.2. The van der Waals surface area contributed by atoms with Crippen LogP contribution in [0, 0.1) is 0 Å². The number of benzene rings is 1. The van der Waals surface area contributed by atoms with Crippen molar-refractivity contribution in [2.24, 2.45) is 0 Å². The molecule has 1 amide bonds. The molecule has 23 heavy (non-hydrogen) atoms. The minimum Gasteiger partial charge on any atom is -0.493 e. The summed E-state index contributed by atoms with van der Waals surface area (Å²) < 4.78 is 10.3. The van der Waals surface area contributed by atoms with E-state index in [9.17, 15) is 9.59 Å². The highest BCUT2D eigenvalue weighted by molar-refractivity contribution is 5.92. The van der Waals surface area contributed by atoms with Gasteiger partial charge >= 0.3 is 5.97 Å². The Labute approximate surface area is 137 Å². The molecule has 0 saturated heterocycles. The Morgan fingerprint density at radius 2 is 1.96 bits per heavy atom. The fourth-order valence-electron chi connectivity index (χ4n) is 1.98. The molecule has 1 aromatic rings. The summed E-state index contributed by atoms with van der Waals surface area (Å²) in [6.45, 7) is 5.44. The molecule has 0 aromatic heterocycles. The zero-order valence-corrected chi connectivity index (χ0v) is 14.1. The number of amides is 1. The van der Waals surface area contributed by atoms with Crippen LogP contribution in [0.15, 0.2) is 30.3 Å². The second-order valence-corrected chi connectivity index (χ2v) is 4.96. The Hall–Kier alpha value is -2.30. The topological polar surface area (TPSA) is 55.8 Å². The molecule has 0 saturated carbocycles. The minimum absolute atomic E-state index is 0.137. The van der Waals surface area contributed by atoms with Crippen LogP contribution in [0.3, 0.4) is 0 Å². The lowest BCUT2D eigenvalue weighted by molar-refractivity contribution is -0.141. The number of nitrogens with zero attached hydrogens (tertiary/aromatic N) is 1. The van der Waals surface area contributed by atoms with Gasteiger partial charge in [-0.2, -0.15) is 0 Å². The predicted octanol–water partition coefficient (Wildman–Crippen LogP) is 2.90. The van der Waals surface area contributed by atoms with Crippen molar-refractivity contribution in [3.63, 3.8) is 0 Å². The number of methoxy groups -OCH3 is 1. The Kier molecular flexibility index (Phi) is 8.50. The normalized spacial score (nSPS) is 10.6. The smallest absolute Gasteiger partial charge is 0.307 e. The Morgan fingerprint density at radius 3 is 2.61 bits per heavy atom. The lowest BCUT2D eigenvalue weighted by Gasteiger charge is -2.18. The number of esters is 1. The van der Waals surface area contributed by atoms with Gasteiger partial charge in [-0.05, 0) is 25.5 Å². The lowest BCUT2D eigenvalue weighted by atomic mass is 10.2. The van der Waals surface area contributed by atoms with Gasteiger partial charge in [-0.1, -0.05) is 25.1 Å². The molecule has 0 aliphatic heterocycles. The van der Waals surface area contributed by atoms with Gasteiger partial charge in [0, 0.05) is 24.7 Å². The van der Waals surface area contributed by atoms with Crippen molar-refractivity contribution in [2.45, 2.75) is 26.7 Å². The van der Waals surface area contributed by atoms with Gasteiger partial charge in [0.1, 0.15) is 5.75 Å². The van der Waals surface area contributed by atoms with Crippen LogP contribution in [0.4, 0.5) is 0 Å². The molecule has 0 heterocycles. The monoisotopic (exact) mass is 319 g/mol. The van der Waals surface area contributed by atoms with Gasteiger partial charge in [0.15, 0.2) is 0 Å². The average Bonchev–Trinajstić information content (AvgIpc) is 2.58. The van der Waals surface area contributed by atoms with Crippen LogP contribution in [0.5, 0.6) is 5.75 Å². The van der Waals surface area contributed by atoms with Crippen molar-refractivity contribution in [3.05, 3.63) is 35.9 Å². The van der Waals surface area contributed by atoms with Crippen LogP contribution in [0.25, 0.3) is 6.08 Å². The third kappa shape index (κ3) is 6.55. The van der Waals surface area contributed by atoms with Crippen molar-refractivity contribution in [3.8, 4) is 5.75 Å². The van der Waals surface area contributed by atoms with Gasteiger partial charge in [-0.15, -0.1) is 0 Å². The highest BCUT2D eigenvalue weighted by atomic mass is 16.5. The first-order chi connectivity index (χ1) is 11.1. The number of hydrogen-bond donors (Lipinski definition) is 0. The third-order valence-electron chi connectivity index (χ3n) is 3.29. The number of rotatable bonds is 9. The molecular weight excluding hydrogens is 294 g/mol. The Morgan fingerprint density at radius 1 is 1.22 bits per heavy atom. The van der Waals surface area contributed by atoms with Gasteiger partial charge in [-0.3, -0.25) is 9.59 Å². The number of carbonyl (C=O) groups excluding carboxylic acids is 2. The molecule has 1 rings (SSSR count). The van der Waals surface area contributed by atoms with Crippen molar-refractivity contribution >= 4 is 18.0 Å². The van der Waals surface area contributed by atoms with Crippen molar-refractivity contribution in [1.29, 1.82) is 0 Å². The van der Waals surface area contributed by atoms with E-state index in [-0.39, 0.29) is 18.3 Å². The van der Waals surface area contributed by atoms with Crippen LogP contribution in [0.2, 0.25) is 0 Å². The number of para-hydroxylation sites is 1. The molecule has 0 fully saturated rings. The molecule has 0 aliphatic rings. The maximum Gasteiger partial charge on any atom is 0.307 e. The minimum atomic E-state index is -0.321. The molecule has 0 aliphatic carbocycles. The third-order valence-corrected chi connectivity index (χ3v) is 3.29. The number of likely N-dealkylation sites (N-methyl/N-ethyl adjacent to an activating group) is 1. The summed E-state index contributed by atoms with van der Waals surface area (Å²) in [6, 6.07) is 7.59. The summed E-state index contributed by atoms with van der Waals surface area (Å²) >= 11 is 0. The number of carbonyl (C=O) groups is 2. The van der Waals surface area contributed by atoms with Gasteiger partial charge in [0.05, 0.1) is 20.1 Å². The molecule has 0 radical (unpaired) electrons. The zero-order chi connectivity index (χ0) is 17.1. The second kappa shape index (κ2) is 10.4. The van der Waals surface area contributed by atoms with Gasteiger partial charge in [-0.25, -0.2) is 0 Å². The number of hydrogen-bond acceptors (Lipinski definition) is 4. The summed E-state index contributed by atoms with van der Waals surface area (Å²) in [4.78, 5) is 25.0. The van der Waals surface area contributed by atoms with E-state index < -0.39 is 0 Å². The summed E-state index contributed by atoms with van der Waals surface area (Å²) in [5.74, 6) is 0.302. The number of ether oxygens (including phenoxy) is 2. The largest absolute Gasteiger partial charge is 0.493 e. The van der Waals surface area contributed by atoms with E-state index in [1.807, 2.05) is 38.1 Å². The average molecular weight is 319 g/mol. The standard InChI is InChI=1S/C18H25NO4/c1-4-14-23-16-9-7-6-8-15(16)10-11-17(20)19(5-2)13-12-18(21)22-3/h6-11H,4-5,12-14H2,1-3H3/b11-10+. The first-order valence-electron chi connectivity index (χ1n) is 7.88. The molecule has 126 valence electrons. The molecule has 0 N–H and O–H groups in total. The van der Waals surface area contributed by atoms with E-state index >= 15 is 0 Å². The fourth-order valence-corrected chi connectivity index (χ4v) is 1.98. The van der Waals surface area contributed by atoms with Crippen LogP contribution >= 0.6 is 0 Å². The van der Waals surface area contributed by atoms with Crippen molar-refractivity contribution in [1.82, 2.24) is 4.90 Å². The van der Waals surface area contributed by atoms with E-state index in [1.54, 1.807) is 11.0 Å². The van der Waals surface area contributed by atoms with E-state index in [2.05, 4.69) is 4.74 Å². The molecule has 1 aromatic carbocycles. The van der Waals surface area contributed by atoms with E-state index in [1.165, 1.54) is 13.2 Å².